The lowest BCUT2D eigenvalue weighted by Gasteiger charge is -2.20. The van der Waals surface area contributed by atoms with Crippen molar-refractivity contribution in [3.05, 3.63) is 188 Å². The van der Waals surface area contributed by atoms with Crippen LogP contribution in [0.5, 0.6) is 23.0 Å². The molecule has 7 heteroatoms. The standard InChI is InChI=1S/C51H31N5O2/c1-4-15-32(16-5-1)49-52-50(33-17-6-2-7-18-33)54-51(53-49)34-19-14-22-36(29-34)56-41-24-11-10-23-37(41)38-27-28-39-40-30-45-46(58-44-26-13-12-25-43(44)57-45)31-42(40)55(48(39)47(38)56)35-20-8-3-9-21-35/h1-31H. The third kappa shape index (κ3) is 5.04. The van der Waals surface area contributed by atoms with E-state index in [1.807, 2.05) is 84.9 Å². The first-order valence-corrected chi connectivity index (χ1v) is 19.3. The molecule has 0 unspecified atom stereocenters. The molecular formula is C51H31N5O2. The highest BCUT2D eigenvalue weighted by atomic mass is 16.6. The summed E-state index contributed by atoms with van der Waals surface area (Å²) < 4.78 is 17.7. The molecule has 0 N–H and O–H groups in total. The number of benzene rings is 8. The normalized spacial score (nSPS) is 12.1. The Balaban J connectivity index is 1.13. The van der Waals surface area contributed by atoms with E-state index in [0.29, 0.717) is 40.5 Å². The summed E-state index contributed by atoms with van der Waals surface area (Å²) in [4.78, 5) is 15.1. The number of hydrogen-bond donors (Lipinski definition) is 0. The number of nitrogens with zero attached hydrogens (tertiary/aromatic N) is 5. The van der Waals surface area contributed by atoms with Crippen LogP contribution < -0.4 is 9.47 Å². The number of rotatable bonds is 5. The van der Waals surface area contributed by atoms with Gasteiger partial charge in [0.25, 0.3) is 0 Å². The Kier molecular flexibility index (Phi) is 7.09. The van der Waals surface area contributed by atoms with E-state index in [4.69, 9.17) is 24.4 Å². The predicted octanol–water partition coefficient (Wildman–Crippen LogP) is 13.0. The van der Waals surface area contributed by atoms with Crippen LogP contribution in [0.1, 0.15) is 0 Å². The van der Waals surface area contributed by atoms with Gasteiger partial charge in [-0.3, -0.25) is 0 Å². The van der Waals surface area contributed by atoms with E-state index in [-0.39, 0.29) is 0 Å². The summed E-state index contributed by atoms with van der Waals surface area (Å²) in [6.07, 6.45) is 0. The van der Waals surface area contributed by atoms with Crippen LogP contribution in [0.15, 0.2) is 188 Å². The van der Waals surface area contributed by atoms with Crippen LogP contribution in [0.25, 0.3) is 89.2 Å². The number of ether oxygens (including phenoxy) is 2. The van der Waals surface area contributed by atoms with Crippen molar-refractivity contribution in [1.82, 2.24) is 24.1 Å². The van der Waals surface area contributed by atoms with Gasteiger partial charge in [-0.25, -0.2) is 15.0 Å². The maximum absolute atomic E-state index is 6.47. The fourth-order valence-electron chi connectivity index (χ4n) is 8.40. The molecule has 0 radical (unpaired) electrons. The molecule has 7 nitrogen and oxygen atoms in total. The maximum Gasteiger partial charge on any atom is 0.172 e. The van der Waals surface area contributed by atoms with Gasteiger partial charge in [-0.1, -0.05) is 133 Å². The number of hydrogen-bond acceptors (Lipinski definition) is 5. The molecule has 0 amide bonds. The van der Waals surface area contributed by atoms with Crippen LogP contribution in [-0.4, -0.2) is 24.1 Å². The lowest BCUT2D eigenvalue weighted by molar-refractivity contribution is 0.360. The Morgan fingerprint density at radius 2 is 0.793 bits per heavy atom. The number of para-hydroxylation sites is 4. The first kappa shape index (κ1) is 32.2. The first-order chi connectivity index (χ1) is 28.7. The molecule has 0 spiro atoms. The van der Waals surface area contributed by atoms with Gasteiger partial charge in [0.2, 0.25) is 0 Å². The quantitative estimate of drug-likeness (QED) is 0.175. The van der Waals surface area contributed by atoms with Gasteiger partial charge >= 0.3 is 0 Å². The van der Waals surface area contributed by atoms with Crippen molar-refractivity contribution < 1.29 is 9.47 Å². The van der Waals surface area contributed by atoms with Gasteiger partial charge in [0.1, 0.15) is 0 Å². The summed E-state index contributed by atoms with van der Waals surface area (Å²) in [5.41, 5.74) is 9.07. The highest BCUT2D eigenvalue weighted by Gasteiger charge is 2.26. The number of aromatic nitrogens is 5. The van der Waals surface area contributed by atoms with Gasteiger partial charge < -0.3 is 18.6 Å². The second-order valence-electron chi connectivity index (χ2n) is 14.4. The molecule has 11 aromatic rings. The lowest BCUT2D eigenvalue weighted by Crippen LogP contribution is -2.02. The summed E-state index contributed by atoms with van der Waals surface area (Å²) in [5, 5.41) is 4.49. The van der Waals surface area contributed by atoms with E-state index < -0.39 is 0 Å². The van der Waals surface area contributed by atoms with Crippen molar-refractivity contribution in [1.29, 1.82) is 0 Å². The molecule has 1 aliphatic heterocycles. The zero-order chi connectivity index (χ0) is 38.2. The van der Waals surface area contributed by atoms with Crippen LogP contribution in [0.3, 0.4) is 0 Å². The molecule has 0 saturated carbocycles. The summed E-state index contributed by atoms with van der Waals surface area (Å²) in [6, 6.07) is 64.4. The molecule has 0 atom stereocenters. The summed E-state index contributed by atoms with van der Waals surface area (Å²) in [7, 11) is 0. The van der Waals surface area contributed by atoms with Crippen LogP contribution in [0.2, 0.25) is 0 Å². The Morgan fingerprint density at radius 3 is 1.45 bits per heavy atom. The minimum Gasteiger partial charge on any atom is -0.449 e. The van der Waals surface area contributed by atoms with Crippen LogP contribution >= 0.6 is 0 Å². The fourth-order valence-corrected chi connectivity index (χ4v) is 8.40. The average Bonchev–Trinajstić information content (AvgIpc) is 3.80. The Labute approximate surface area is 332 Å². The van der Waals surface area contributed by atoms with Crippen LogP contribution in [0, 0.1) is 0 Å². The Hall–Kier alpha value is -8.03. The van der Waals surface area contributed by atoms with Gasteiger partial charge in [0.15, 0.2) is 40.5 Å². The number of fused-ring (bicyclic) bond motifs is 9. The largest absolute Gasteiger partial charge is 0.449 e. The fraction of sp³-hybridized carbons (Fsp3) is 0. The molecule has 0 saturated heterocycles. The lowest BCUT2D eigenvalue weighted by atomic mass is 10.1. The van der Waals surface area contributed by atoms with Gasteiger partial charge in [-0.2, -0.15) is 0 Å². The molecule has 0 fully saturated rings. The third-order valence-corrected chi connectivity index (χ3v) is 11.0. The SMILES string of the molecule is c1ccc(-c2nc(-c3ccccc3)nc(-c3cccc(-n4c5ccccc5c5ccc6c7cc8c(cc7n(-c7ccccc7)c6c54)Oc4ccccc4O8)c3)n2)cc1. The average molecular weight is 746 g/mol. The molecule has 4 heterocycles. The Morgan fingerprint density at radius 1 is 0.310 bits per heavy atom. The van der Waals surface area contributed by atoms with Crippen LogP contribution in [0.4, 0.5) is 0 Å². The minimum absolute atomic E-state index is 0.602. The van der Waals surface area contributed by atoms with Gasteiger partial charge in [-0.05, 0) is 48.5 Å². The molecular weight excluding hydrogens is 715 g/mol. The maximum atomic E-state index is 6.47. The molecule has 0 aliphatic carbocycles. The van der Waals surface area contributed by atoms with E-state index in [2.05, 4.69) is 112 Å². The van der Waals surface area contributed by atoms with E-state index in [1.54, 1.807) is 0 Å². The predicted molar refractivity (Wildman–Crippen MR) is 231 cm³/mol. The molecule has 58 heavy (non-hydrogen) atoms. The van der Waals surface area contributed by atoms with Crippen molar-refractivity contribution in [2.24, 2.45) is 0 Å². The molecule has 3 aromatic heterocycles. The zero-order valence-corrected chi connectivity index (χ0v) is 31.0. The van der Waals surface area contributed by atoms with E-state index in [9.17, 15) is 0 Å². The van der Waals surface area contributed by atoms with Gasteiger partial charge in [0.05, 0.1) is 22.1 Å². The smallest absolute Gasteiger partial charge is 0.172 e. The third-order valence-electron chi connectivity index (χ3n) is 11.0. The van der Waals surface area contributed by atoms with Crippen molar-refractivity contribution in [2.45, 2.75) is 0 Å². The highest BCUT2D eigenvalue weighted by molar-refractivity contribution is 6.24. The molecule has 0 bridgehead atoms. The van der Waals surface area contributed by atoms with E-state index in [0.717, 1.165) is 71.7 Å². The topological polar surface area (TPSA) is 67.0 Å². The molecule has 1 aliphatic rings. The van der Waals surface area contributed by atoms with Crippen LogP contribution in [-0.2, 0) is 0 Å². The highest BCUT2D eigenvalue weighted by Crippen LogP contribution is 2.50. The molecule has 8 aromatic carbocycles. The van der Waals surface area contributed by atoms with E-state index >= 15 is 0 Å². The van der Waals surface area contributed by atoms with Crippen molar-refractivity contribution >= 4 is 43.6 Å². The summed E-state index contributed by atoms with van der Waals surface area (Å²) in [5.74, 6) is 4.62. The van der Waals surface area contributed by atoms with Crippen molar-refractivity contribution in [3.63, 3.8) is 0 Å². The monoisotopic (exact) mass is 745 g/mol. The Bertz CT molecular complexity index is 3340. The molecule has 272 valence electrons. The first-order valence-electron chi connectivity index (χ1n) is 19.3. The van der Waals surface area contributed by atoms with Gasteiger partial charge in [0, 0.05) is 55.7 Å². The zero-order valence-electron chi connectivity index (χ0n) is 31.0. The molecule has 12 rings (SSSR count). The second-order valence-corrected chi connectivity index (χ2v) is 14.4. The van der Waals surface area contributed by atoms with Crippen molar-refractivity contribution in [3.8, 4) is 68.5 Å². The van der Waals surface area contributed by atoms with Crippen molar-refractivity contribution in [2.75, 3.05) is 0 Å². The van der Waals surface area contributed by atoms with Gasteiger partial charge in [-0.15, -0.1) is 0 Å². The second kappa shape index (κ2) is 12.8. The summed E-state index contributed by atoms with van der Waals surface area (Å²) >= 11 is 0. The minimum atomic E-state index is 0.602. The van der Waals surface area contributed by atoms with E-state index in [1.165, 1.54) is 0 Å². The summed E-state index contributed by atoms with van der Waals surface area (Å²) in [6.45, 7) is 0.